The van der Waals surface area contributed by atoms with E-state index in [-0.39, 0.29) is 21.6 Å². The minimum atomic E-state index is -4.09. The maximum atomic E-state index is 12.2. The number of aromatic nitrogens is 2. The Morgan fingerprint density at radius 1 is 1.43 bits per heavy atom. The minimum absolute atomic E-state index is 0.186. The van der Waals surface area contributed by atoms with Gasteiger partial charge in [0.1, 0.15) is 9.77 Å². The summed E-state index contributed by atoms with van der Waals surface area (Å²) in [5.74, 6) is -1.30. The van der Waals surface area contributed by atoms with Gasteiger partial charge in [0.05, 0.1) is 7.11 Å². The SMILES string of the molecule is COc1cc(C)nc(NS(=O)(=O)c2ccsc2C(=O)O)n1. The molecule has 0 aliphatic carbocycles. The number of thiophene rings is 1. The molecule has 0 unspecified atom stereocenters. The van der Waals surface area contributed by atoms with Gasteiger partial charge >= 0.3 is 5.97 Å². The number of sulfonamides is 1. The zero-order valence-electron chi connectivity index (χ0n) is 11.0. The van der Waals surface area contributed by atoms with E-state index < -0.39 is 16.0 Å². The number of methoxy groups -OCH3 is 1. The van der Waals surface area contributed by atoms with Crippen LogP contribution in [0.1, 0.15) is 15.4 Å². The van der Waals surface area contributed by atoms with Crippen LogP contribution >= 0.6 is 11.3 Å². The van der Waals surface area contributed by atoms with Gasteiger partial charge in [-0.2, -0.15) is 4.98 Å². The molecule has 2 aromatic heterocycles. The number of ether oxygens (including phenoxy) is 1. The predicted octanol–water partition coefficient (Wildman–Crippen LogP) is 1.35. The van der Waals surface area contributed by atoms with Crippen molar-refractivity contribution in [2.75, 3.05) is 11.8 Å². The van der Waals surface area contributed by atoms with Gasteiger partial charge in [-0.25, -0.2) is 22.9 Å². The Bertz CT molecular complexity index is 785. The van der Waals surface area contributed by atoms with E-state index in [9.17, 15) is 13.2 Å². The second-order valence-corrected chi connectivity index (χ2v) is 6.47. The summed E-state index contributed by atoms with van der Waals surface area (Å²) in [6, 6.07) is 2.74. The number of carboxylic acid groups (broad SMARTS) is 1. The van der Waals surface area contributed by atoms with E-state index >= 15 is 0 Å². The number of carboxylic acids is 1. The van der Waals surface area contributed by atoms with Crippen molar-refractivity contribution in [1.29, 1.82) is 0 Å². The van der Waals surface area contributed by atoms with Gasteiger partial charge in [0.15, 0.2) is 0 Å². The Balaban J connectivity index is 2.40. The predicted molar refractivity (Wildman–Crippen MR) is 75.4 cm³/mol. The topological polar surface area (TPSA) is 118 Å². The maximum absolute atomic E-state index is 12.2. The second-order valence-electron chi connectivity index (χ2n) is 3.90. The molecule has 2 aromatic rings. The molecule has 0 bridgehead atoms. The average molecular weight is 329 g/mol. The number of aromatic carboxylic acids is 1. The van der Waals surface area contributed by atoms with E-state index in [1.165, 1.54) is 24.6 Å². The van der Waals surface area contributed by atoms with Gasteiger partial charge in [-0.15, -0.1) is 11.3 Å². The van der Waals surface area contributed by atoms with E-state index in [2.05, 4.69) is 14.7 Å². The molecular formula is C11H11N3O5S2. The number of rotatable bonds is 5. The van der Waals surface area contributed by atoms with E-state index in [1.807, 2.05) is 0 Å². The highest BCUT2D eigenvalue weighted by Crippen LogP contribution is 2.24. The maximum Gasteiger partial charge on any atom is 0.347 e. The van der Waals surface area contributed by atoms with Crippen LogP contribution in [0.5, 0.6) is 5.88 Å². The molecule has 112 valence electrons. The van der Waals surface area contributed by atoms with Crippen molar-refractivity contribution < 1.29 is 23.1 Å². The third-order valence-electron chi connectivity index (χ3n) is 2.38. The van der Waals surface area contributed by atoms with Gasteiger partial charge in [-0.3, -0.25) is 0 Å². The van der Waals surface area contributed by atoms with Gasteiger partial charge in [0.2, 0.25) is 11.8 Å². The molecule has 0 aliphatic heterocycles. The molecule has 10 heteroatoms. The highest BCUT2D eigenvalue weighted by Gasteiger charge is 2.24. The third kappa shape index (κ3) is 3.28. The fourth-order valence-corrected chi connectivity index (χ4v) is 3.74. The Kier molecular flexibility index (Phi) is 4.09. The molecule has 0 aromatic carbocycles. The van der Waals surface area contributed by atoms with Crippen molar-refractivity contribution >= 4 is 33.3 Å². The smallest absolute Gasteiger partial charge is 0.347 e. The Labute approximate surface area is 124 Å². The summed E-state index contributed by atoms with van der Waals surface area (Å²) < 4.78 is 31.5. The van der Waals surface area contributed by atoms with Crippen molar-refractivity contribution in [3.05, 3.63) is 28.1 Å². The number of hydrogen-bond acceptors (Lipinski definition) is 7. The van der Waals surface area contributed by atoms with Crippen molar-refractivity contribution in [2.45, 2.75) is 11.8 Å². The van der Waals surface area contributed by atoms with Crippen molar-refractivity contribution in [3.63, 3.8) is 0 Å². The number of nitrogens with zero attached hydrogens (tertiary/aromatic N) is 2. The molecule has 21 heavy (non-hydrogen) atoms. The summed E-state index contributed by atoms with van der Waals surface area (Å²) in [5, 5.41) is 10.4. The van der Waals surface area contributed by atoms with Crippen LogP contribution in [0, 0.1) is 6.92 Å². The monoisotopic (exact) mass is 329 g/mol. The first-order valence-corrected chi connectivity index (χ1v) is 7.93. The fraction of sp³-hybridized carbons (Fsp3) is 0.182. The molecule has 8 nitrogen and oxygen atoms in total. The van der Waals surface area contributed by atoms with Gasteiger partial charge in [-0.1, -0.05) is 0 Å². The van der Waals surface area contributed by atoms with Crippen LogP contribution in [0.2, 0.25) is 0 Å². The van der Waals surface area contributed by atoms with Crippen molar-refractivity contribution in [2.24, 2.45) is 0 Å². The molecule has 0 radical (unpaired) electrons. The zero-order chi connectivity index (χ0) is 15.6. The van der Waals surface area contributed by atoms with Crippen molar-refractivity contribution in [3.8, 4) is 5.88 Å². The van der Waals surface area contributed by atoms with E-state index in [1.54, 1.807) is 6.92 Å². The number of hydrogen-bond donors (Lipinski definition) is 2. The number of carbonyl (C=O) groups is 1. The molecular weight excluding hydrogens is 318 g/mol. The van der Waals surface area contributed by atoms with Crippen LogP contribution in [0.3, 0.4) is 0 Å². The van der Waals surface area contributed by atoms with Crippen LogP contribution in [-0.4, -0.2) is 36.6 Å². The highest BCUT2D eigenvalue weighted by molar-refractivity contribution is 7.93. The van der Waals surface area contributed by atoms with Crippen LogP contribution in [0.4, 0.5) is 5.95 Å². The fourth-order valence-electron chi connectivity index (χ4n) is 1.53. The van der Waals surface area contributed by atoms with Gasteiger partial charge < -0.3 is 9.84 Å². The first-order valence-electron chi connectivity index (χ1n) is 5.57. The third-order valence-corrected chi connectivity index (χ3v) is 4.78. The second kappa shape index (κ2) is 5.66. The Morgan fingerprint density at radius 3 is 2.76 bits per heavy atom. The Morgan fingerprint density at radius 2 is 2.14 bits per heavy atom. The number of anilines is 1. The lowest BCUT2D eigenvalue weighted by molar-refractivity contribution is 0.0698. The molecule has 0 saturated carbocycles. The van der Waals surface area contributed by atoms with Gasteiger partial charge in [0, 0.05) is 11.8 Å². The summed E-state index contributed by atoms with van der Waals surface area (Å²) in [6.45, 7) is 1.65. The number of nitrogens with one attached hydrogen (secondary N) is 1. The van der Waals surface area contributed by atoms with E-state index in [0.29, 0.717) is 5.69 Å². The van der Waals surface area contributed by atoms with Crippen LogP contribution in [-0.2, 0) is 10.0 Å². The lowest BCUT2D eigenvalue weighted by atomic mass is 10.4. The van der Waals surface area contributed by atoms with Crippen LogP contribution < -0.4 is 9.46 Å². The molecule has 0 fully saturated rings. The molecule has 2 N–H and O–H groups in total. The lowest BCUT2D eigenvalue weighted by Gasteiger charge is -2.08. The molecule has 2 rings (SSSR count). The molecule has 0 spiro atoms. The molecule has 0 saturated heterocycles. The zero-order valence-corrected chi connectivity index (χ0v) is 12.7. The average Bonchev–Trinajstić information content (AvgIpc) is 2.87. The summed E-state index contributed by atoms with van der Waals surface area (Å²) in [5.41, 5.74) is 0.503. The number of aryl methyl sites for hydroxylation is 1. The molecule has 2 heterocycles. The quantitative estimate of drug-likeness (QED) is 0.850. The summed E-state index contributed by atoms with van der Waals surface area (Å²) in [7, 11) is -2.70. The first-order chi connectivity index (χ1) is 9.83. The van der Waals surface area contributed by atoms with Crippen molar-refractivity contribution in [1.82, 2.24) is 9.97 Å². The summed E-state index contributed by atoms with van der Waals surface area (Å²) >= 11 is 0.822. The van der Waals surface area contributed by atoms with Crippen LogP contribution in [0.25, 0.3) is 0 Å². The van der Waals surface area contributed by atoms with E-state index in [4.69, 9.17) is 9.84 Å². The Hall–Kier alpha value is -2.20. The standard InChI is InChI=1S/C11H11N3O5S2/c1-6-5-8(19-2)13-11(12-6)14-21(17,18)7-3-4-20-9(7)10(15)16/h3-5H,1-2H3,(H,15,16)(H,12,13,14). The normalized spacial score (nSPS) is 11.1. The first kappa shape index (κ1) is 15.2. The van der Waals surface area contributed by atoms with E-state index in [0.717, 1.165) is 11.3 Å². The lowest BCUT2D eigenvalue weighted by Crippen LogP contribution is -2.17. The highest BCUT2D eigenvalue weighted by atomic mass is 32.2. The molecule has 0 atom stereocenters. The van der Waals surface area contributed by atoms with Crippen LogP contribution in [0.15, 0.2) is 22.4 Å². The van der Waals surface area contributed by atoms with Gasteiger partial charge in [0.25, 0.3) is 10.0 Å². The molecule has 0 amide bonds. The minimum Gasteiger partial charge on any atom is -0.481 e. The largest absolute Gasteiger partial charge is 0.481 e. The molecule has 0 aliphatic rings. The van der Waals surface area contributed by atoms with Gasteiger partial charge in [-0.05, 0) is 18.4 Å². The summed E-state index contributed by atoms with van der Waals surface area (Å²) in [6.07, 6.45) is 0. The summed E-state index contributed by atoms with van der Waals surface area (Å²) in [4.78, 5) is 18.2.